The smallest absolute Gasteiger partial charge is 0.326 e. The number of methoxy groups -OCH3 is 1. The lowest BCUT2D eigenvalue weighted by Crippen LogP contribution is -2.43. The molecule has 2 atom stereocenters. The minimum Gasteiger partial charge on any atom is -0.480 e. The summed E-state index contributed by atoms with van der Waals surface area (Å²) in [6.07, 6.45) is 3.18. The molecule has 2 N–H and O–H groups in total. The van der Waals surface area contributed by atoms with E-state index in [1.165, 1.54) is 24.8 Å². The van der Waals surface area contributed by atoms with E-state index in [0.29, 0.717) is 6.42 Å². The fourth-order valence-corrected chi connectivity index (χ4v) is 3.75. The van der Waals surface area contributed by atoms with E-state index >= 15 is 0 Å². The number of rotatable bonds is 8. The third-order valence-electron chi connectivity index (χ3n) is 5.22. The molecule has 1 aliphatic rings. The van der Waals surface area contributed by atoms with Crippen LogP contribution in [0.3, 0.4) is 0 Å². The van der Waals surface area contributed by atoms with Crippen molar-refractivity contribution in [2.24, 2.45) is 0 Å². The van der Waals surface area contributed by atoms with E-state index in [1.807, 2.05) is 18.2 Å². The Hall–Kier alpha value is -3.00. The lowest BCUT2D eigenvalue weighted by atomic mass is 9.79. The largest absolute Gasteiger partial charge is 0.480 e. The number of carbonyl (C=O) groups excluding carboxylic acids is 1. The quantitative estimate of drug-likeness (QED) is 0.697. The molecule has 0 radical (unpaired) electrons. The molecule has 1 aromatic heterocycles. The first-order chi connectivity index (χ1) is 14.0. The van der Waals surface area contributed by atoms with Gasteiger partial charge in [0.15, 0.2) is 0 Å². The molecule has 1 aromatic carbocycles. The summed E-state index contributed by atoms with van der Waals surface area (Å²) in [6, 6.07) is 9.55. The van der Waals surface area contributed by atoms with Gasteiger partial charge in [-0.2, -0.15) is 5.10 Å². The van der Waals surface area contributed by atoms with E-state index in [2.05, 4.69) is 16.5 Å². The van der Waals surface area contributed by atoms with E-state index in [-0.39, 0.29) is 30.3 Å². The lowest BCUT2D eigenvalue weighted by molar-refractivity contribution is -0.139. The van der Waals surface area contributed by atoms with Gasteiger partial charge in [-0.05, 0) is 48.8 Å². The summed E-state index contributed by atoms with van der Waals surface area (Å²) in [5.74, 6) is -1.63. The van der Waals surface area contributed by atoms with Crippen LogP contribution < -0.4 is 10.9 Å². The average molecular weight is 399 g/mol. The van der Waals surface area contributed by atoms with Crippen LogP contribution in [0.4, 0.5) is 0 Å². The minimum absolute atomic E-state index is 0.00371. The summed E-state index contributed by atoms with van der Waals surface area (Å²) in [4.78, 5) is 36.2. The maximum Gasteiger partial charge on any atom is 0.326 e. The molecule has 0 fully saturated rings. The highest BCUT2D eigenvalue weighted by molar-refractivity contribution is 5.94. The van der Waals surface area contributed by atoms with Gasteiger partial charge in [0.1, 0.15) is 11.7 Å². The van der Waals surface area contributed by atoms with Gasteiger partial charge in [0.05, 0.1) is 13.2 Å². The molecule has 2 unspecified atom stereocenters. The zero-order valence-electron chi connectivity index (χ0n) is 16.3. The summed E-state index contributed by atoms with van der Waals surface area (Å²) >= 11 is 0. The number of aryl methyl sites for hydroxylation is 1. The molecule has 154 valence electrons. The van der Waals surface area contributed by atoms with E-state index in [4.69, 9.17) is 4.74 Å². The fourth-order valence-electron chi connectivity index (χ4n) is 3.75. The van der Waals surface area contributed by atoms with E-state index in [1.54, 1.807) is 0 Å². The number of amides is 1. The standard InChI is InChI=1S/C21H25N3O5/c1-29-12-11-24-19(25)10-9-17(23-24)20(26)22-18(21(27)28)13-15-7-4-6-14-5-2-3-8-16(14)15/h2-3,5,8-10,15,18H,4,6-7,11-13H2,1H3,(H,22,26)(H,27,28). The van der Waals surface area contributed by atoms with Crippen molar-refractivity contribution in [2.45, 2.75) is 44.2 Å². The number of carboxylic acids is 1. The summed E-state index contributed by atoms with van der Waals surface area (Å²) in [5, 5.41) is 16.2. The van der Waals surface area contributed by atoms with Gasteiger partial charge in [0.25, 0.3) is 11.5 Å². The molecule has 0 saturated heterocycles. The monoisotopic (exact) mass is 399 g/mol. The molecular formula is C21H25N3O5. The topological polar surface area (TPSA) is 111 Å². The minimum atomic E-state index is -1.09. The van der Waals surface area contributed by atoms with Crippen molar-refractivity contribution in [3.63, 3.8) is 0 Å². The first kappa shape index (κ1) is 20.7. The maximum atomic E-state index is 12.6. The zero-order valence-corrected chi connectivity index (χ0v) is 16.3. The van der Waals surface area contributed by atoms with Crippen molar-refractivity contribution < 1.29 is 19.4 Å². The van der Waals surface area contributed by atoms with Crippen molar-refractivity contribution in [1.82, 2.24) is 15.1 Å². The van der Waals surface area contributed by atoms with Crippen LogP contribution in [0.5, 0.6) is 0 Å². The number of aromatic nitrogens is 2. The van der Waals surface area contributed by atoms with Crippen LogP contribution in [0.25, 0.3) is 0 Å². The summed E-state index contributed by atoms with van der Waals surface area (Å²) < 4.78 is 6.06. The number of ether oxygens (including phenoxy) is 1. The SMILES string of the molecule is COCCn1nc(C(=O)NC(CC2CCCc3ccccc32)C(=O)O)ccc1=O. The summed E-state index contributed by atoms with van der Waals surface area (Å²) in [5.41, 5.74) is 2.04. The summed E-state index contributed by atoms with van der Waals surface area (Å²) in [6.45, 7) is 0.481. The molecule has 1 amide bonds. The second-order valence-electron chi connectivity index (χ2n) is 7.16. The predicted octanol–water partition coefficient (Wildman–Crippen LogP) is 1.58. The highest BCUT2D eigenvalue weighted by Crippen LogP contribution is 2.34. The Kier molecular flexibility index (Phi) is 6.77. The third-order valence-corrected chi connectivity index (χ3v) is 5.22. The Balaban J connectivity index is 1.74. The maximum absolute atomic E-state index is 12.6. The van der Waals surface area contributed by atoms with Gasteiger partial charge in [-0.1, -0.05) is 24.3 Å². The second-order valence-corrected chi connectivity index (χ2v) is 7.16. The van der Waals surface area contributed by atoms with Crippen LogP contribution in [-0.2, 0) is 22.5 Å². The molecular weight excluding hydrogens is 374 g/mol. The van der Waals surface area contributed by atoms with Crippen LogP contribution >= 0.6 is 0 Å². The summed E-state index contributed by atoms with van der Waals surface area (Å²) in [7, 11) is 1.50. The normalized spacial score (nSPS) is 16.7. The van der Waals surface area contributed by atoms with Crippen LogP contribution in [-0.4, -0.2) is 46.5 Å². The van der Waals surface area contributed by atoms with Crippen LogP contribution in [0.2, 0.25) is 0 Å². The fraction of sp³-hybridized carbons (Fsp3) is 0.429. The number of nitrogens with zero attached hydrogens (tertiary/aromatic N) is 2. The van der Waals surface area contributed by atoms with Crippen LogP contribution in [0.1, 0.15) is 46.8 Å². The van der Waals surface area contributed by atoms with Crippen LogP contribution in [0.15, 0.2) is 41.2 Å². The Labute approximate surface area is 168 Å². The molecule has 0 spiro atoms. The van der Waals surface area contributed by atoms with Gasteiger partial charge in [-0.3, -0.25) is 9.59 Å². The number of carboxylic acid groups (broad SMARTS) is 1. The second kappa shape index (κ2) is 9.47. The lowest BCUT2D eigenvalue weighted by Gasteiger charge is -2.28. The van der Waals surface area contributed by atoms with Gasteiger partial charge in [-0.15, -0.1) is 0 Å². The Morgan fingerprint density at radius 3 is 2.86 bits per heavy atom. The Morgan fingerprint density at radius 2 is 2.10 bits per heavy atom. The third kappa shape index (κ3) is 5.08. The first-order valence-corrected chi connectivity index (χ1v) is 9.68. The molecule has 0 bridgehead atoms. The Morgan fingerprint density at radius 1 is 1.31 bits per heavy atom. The predicted molar refractivity (Wildman–Crippen MR) is 106 cm³/mol. The number of nitrogens with one attached hydrogen (secondary N) is 1. The van der Waals surface area contributed by atoms with Gasteiger partial charge < -0.3 is 15.2 Å². The molecule has 1 aliphatic carbocycles. The molecule has 3 rings (SSSR count). The average Bonchev–Trinajstić information content (AvgIpc) is 2.72. The molecule has 2 aromatic rings. The van der Waals surface area contributed by atoms with Gasteiger partial charge in [-0.25, -0.2) is 9.48 Å². The molecule has 29 heavy (non-hydrogen) atoms. The van der Waals surface area contributed by atoms with Gasteiger partial charge >= 0.3 is 5.97 Å². The molecule has 8 nitrogen and oxygen atoms in total. The molecule has 0 saturated carbocycles. The van der Waals surface area contributed by atoms with Gasteiger partial charge in [0, 0.05) is 13.2 Å². The van der Waals surface area contributed by atoms with E-state index in [0.717, 1.165) is 29.5 Å². The van der Waals surface area contributed by atoms with E-state index < -0.39 is 17.9 Å². The first-order valence-electron chi connectivity index (χ1n) is 9.68. The van der Waals surface area contributed by atoms with Crippen molar-refractivity contribution in [3.05, 3.63) is 63.6 Å². The van der Waals surface area contributed by atoms with Crippen molar-refractivity contribution in [1.29, 1.82) is 0 Å². The number of carbonyl (C=O) groups is 2. The highest BCUT2D eigenvalue weighted by atomic mass is 16.5. The van der Waals surface area contributed by atoms with Gasteiger partial charge in [0.2, 0.25) is 0 Å². The van der Waals surface area contributed by atoms with Crippen molar-refractivity contribution in [2.75, 3.05) is 13.7 Å². The van der Waals surface area contributed by atoms with E-state index in [9.17, 15) is 19.5 Å². The number of hydrogen-bond acceptors (Lipinski definition) is 5. The molecule has 8 heteroatoms. The van der Waals surface area contributed by atoms with Crippen molar-refractivity contribution >= 4 is 11.9 Å². The molecule has 0 aliphatic heterocycles. The number of hydrogen-bond donors (Lipinski definition) is 2. The Bertz CT molecular complexity index is 940. The number of fused-ring (bicyclic) bond motifs is 1. The highest BCUT2D eigenvalue weighted by Gasteiger charge is 2.28. The number of aliphatic carboxylic acids is 1. The van der Waals surface area contributed by atoms with Crippen molar-refractivity contribution in [3.8, 4) is 0 Å². The zero-order chi connectivity index (χ0) is 20.8. The number of benzene rings is 1. The molecule has 1 heterocycles. The van der Waals surface area contributed by atoms with Crippen LogP contribution in [0, 0.1) is 0 Å².